The highest BCUT2D eigenvalue weighted by molar-refractivity contribution is 7.99. The van der Waals surface area contributed by atoms with E-state index in [1.807, 2.05) is 0 Å². The summed E-state index contributed by atoms with van der Waals surface area (Å²) in [6.07, 6.45) is 1.36. The number of hydrogen-bond acceptors (Lipinski definition) is 5. The molecule has 104 valence electrons. The van der Waals surface area contributed by atoms with Crippen molar-refractivity contribution in [2.75, 3.05) is 5.75 Å². The van der Waals surface area contributed by atoms with Crippen LogP contribution in [0.5, 0.6) is 0 Å². The molecule has 0 atom stereocenters. The van der Waals surface area contributed by atoms with Crippen LogP contribution in [-0.4, -0.2) is 17.6 Å². The number of carbonyl (C=O) groups is 2. The first-order chi connectivity index (χ1) is 9.66. The van der Waals surface area contributed by atoms with E-state index in [0.29, 0.717) is 14.6 Å². The van der Waals surface area contributed by atoms with Crippen LogP contribution in [-0.2, 0) is 4.79 Å². The third kappa shape index (κ3) is 3.97. The van der Waals surface area contributed by atoms with Gasteiger partial charge in [0.25, 0.3) is 10.9 Å². The summed E-state index contributed by atoms with van der Waals surface area (Å²) >= 11 is 2.38. The first kappa shape index (κ1) is 14.4. The molecular weight excluding hydrogens is 298 g/mol. The Hall–Kier alpha value is -2.06. The number of nitrogens with zero attached hydrogens (tertiary/aromatic N) is 1. The molecule has 0 aromatic carbocycles. The lowest BCUT2D eigenvalue weighted by Crippen LogP contribution is -2.42. The fraction of sp³-hybridized carbons (Fsp3) is 0.0833. The zero-order valence-electron chi connectivity index (χ0n) is 10.2. The van der Waals surface area contributed by atoms with Gasteiger partial charge in [0, 0.05) is 12.1 Å². The van der Waals surface area contributed by atoms with Gasteiger partial charge in [0.15, 0.2) is 6.20 Å². The molecule has 0 unspecified atom stereocenters. The Balaban J connectivity index is 1.76. The monoisotopic (exact) mass is 309 g/mol. The highest BCUT2D eigenvalue weighted by Crippen LogP contribution is 2.11. The van der Waals surface area contributed by atoms with E-state index in [4.69, 9.17) is 0 Å². The van der Waals surface area contributed by atoms with Crippen LogP contribution < -0.4 is 15.6 Å². The van der Waals surface area contributed by atoms with Crippen LogP contribution in [0.2, 0.25) is 0 Å². The molecule has 0 bridgehead atoms. The molecule has 20 heavy (non-hydrogen) atoms. The van der Waals surface area contributed by atoms with Gasteiger partial charge >= 0.3 is 0 Å². The maximum absolute atomic E-state index is 11.6. The number of aromatic nitrogens is 1. The second kappa shape index (κ2) is 6.92. The number of carbonyl (C=O) groups excluding carboxylic acids is 2. The Labute approximate surface area is 123 Å². The summed E-state index contributed by atoms with van der Waals surface area (Å²) < 4.78 is 0.683. The molecule has 0 aliphatic carbocycles. The fourth-order valence-corrected chi connectivity index (χ4v) is 2.63. The van der Waals surface area contributed by atoms with Crippen molar-refractivity contribution in [1.82, 2.24) is 10.9 Å². The number of rotatable bonds is 4. The van der Waals surface area contributed by atoms with Gasteiger partial charge in [0.05, 0.1) is 10.6 Å². The van der Waals surface area contributed by atoms with E-state index < -0.39 is 0 Å². The molecule has 0 aliphatic heterocycles. The average Bonchev–Trinajstić information content (AvgIpc) is 2.98. The second-order valence-electron chi connectivity index (χ2n) is 3.63. The van der Waals surface area contributed by atoms with Crippen molar-refractivity contribution < 1.29 is 14.3 Å². The van der Waals surface area contributed by atoms with Crippen molar-refractivity contribution in [3.63, 3.8) is 0 Å². The SMILES string of the molecule is O=C(CSc1cccc[n+]1[O-])NNC(=O)c1cccs1. The van der Waals surface area contributed by atoms with Crippen LogP contribution in [0.1, 0.15) is 9.67 Å². The minimum Gasteiger partial charge on any atom is -0.618 e. The summed E-state index contributed by atoms with van der Waals surface area (Å²) in [7, 11) is 0. The van der Waals surface area contributed by atoms with Gasteiger partial charge in [-0.05, 0) is 29.3 Å². The quantitative estimate of drug-likeness (QED) is 0.381. The van der Waals surface area contributed by atoms with Crippen LogP contribution >= 0.6 is 23.1 Å². The summed E-state index contributed by atoms with van der Waals surface area (Å²) in [5.74, 6) is -0.711. The molecule has 2 aromatic rings. The van der Waals surface area contributed by atoms with Crippen molar-refractivity contribution in [3.05, 3.63) is 52.0 Å². The molecule has 0 fully saturated rings. The van der Waals surface area contributed by atoms with Gasteiger partial charge in [-0.1, -0.05) is 6.07 Å². The van der Waals surface area contributed by atoms with Crippen molar-refractivity contribution in [3.8, 4) is 0 Å². The van der Waals surface area contributed by atoms with Crippen LogP contribution in [0.4, 0.5) is 0 Å². The molecule has 0 spiro atoms. The van der Waals surface area contributed by atoms with Crippen LogP contribution in [0.3, 0.4) is 0 Å². The van der Waals surface area contributed by atoms with Gasteiger partial charge in [-0.2, -0.15) is 4.73 Å². The lowest BCUT2D eigenvalue weighted by atomic mass is 10.4. The minimum absolute atomic E-state index is 0.0387. The van der Waals surface area contributed by atoms with Crippen LogP contribution in [0, 0.1) is 5.21 Å². The standard InChI is InChI=1S/C12H11N3O3S2/c16-10(8-20-11-5-1-2-6-15(11)18)13-14-12(17)9-4-3-7-19-9/h1-7H,8H2,(H,13,16)(H,14,17). The number of nitrogens with one attached hydrogen (secondary N) is 2. The normalized spacial score (nSPS) is 10.0. The lowest BCUT2D eigenvalue weighted by Gasteiger charge is -2.06. The van der Waals surface area contributed by atoms with Gasteiger partial charge in [-0.3, -0.25) is 20.4 Å². The maximum atomic E-state index is 11.6. The molecule has 2 aromatic heterocycles. The third-order valence-electron chi connectivity index (χ3n) is 2.20. The van der Waals surface area contributed by atoms with Crippen molar-refractivity contribution in [1.29, 1.82) is 0 Å². The fourth-order valence-electron chi connectivity index (χ4n) is 1.30. The number of thiophene rings is 1. The van der Waals surface area contributed by atoms with E-state index in [0.717, 1.165) is 11.8 Å². The van der Waals surface area contributed by atoms with Gasteiger partial charge in [-0.25, -0.2) is 0 Å². The lowest BCUT2D eigenvalue weighted by molar-refractivity contribution is -0.645. The van der Waals surface area contributed by atoms with E-state index >= 15 is 0 Å². The van der Waals surface area contributed by atoms with E-state index in [1.54, 1.807) is 35.7 Å². The summed E-state index contributed by atoms with van der Waals surface area (Å²) in [5.41, 5.74) is 4.61. The molecule has 6 nitrogen and oxygen atoms in total. The summed E-state index contributed by atoms with van der Waals surface area (Å²) in [6.45, 7) is 0. The van der Waals surface area contributed by atoms with Crippen molar-refractivity contribution in [2.45, 2.75) is 5.03 Å². The molecular formula is C12H11N3O3S2. The molecule has 0 saturated carbocycles. The number of pyridine rings is 1. The minimum atomic E-state index is -0.385. The predicted molar refractivity (Wildman–Crippen MR) is 76.1 cm³/mol. The molecule has 0 aliphatic rings. The van der Waals surface area contributed by atoms with E-state index in [-0.39, 0.29) is 17.6 Å². The Morgan fingerprint density at radius 1 is 1.25 bits per heavy atom. The number of hydrogen-bond donors (Lipinski definition) is 2. The van der Waals surface area contributed by atoms with Crippen molar-refractivity contribution in [2.24, 2.45) is 0 Å². The van der Waals surface area contributed by atoms with E-state index in [9.17, 15) is 14.8 Å². The first-order valence-electron chi connectivity index (χ1n) is 5.60. The molecule has 2 N–H and O–H groups in total. The maximum Gasteiger partial charge on any atom is 0.279 e. The summed E-state index contributed by atoms with van der Waals surface area (Å²) in [4.78, 5) is 23.6. The van der Waals surface area contributed by atoms with Crippen LogP contribution in [0.15, 0.2) is 46.9 Å². The molecule has 2 rings (SSSR count). The van der Waals surface area contributed by atoms with Gasteiger partial charge in [0.1, 0.15) is 0 Å². The largest absolute Gasteiger partial charge is 0.618 e. The smallest absolute Gasteiger partial charge is 0.279 e. The number of amides is 2. The first-order valence-corrected chi connectivity index (χ1v) is 7.47. The molecule has 2 heterocycles. The Kier molecular flexibility index (Phi) is 4.97. The number of thioether (sulfide) groups is 1. The third-order valence-corrected chi connectivity index (χ3v) is 4.09. The van der Waals surface area contributed by atoms with Crippen molar-refractivity contribution >= 4 is 34.9 Å². The zero-order chi connectivity index (χ0) is 14.4. The van der Waals surface area contributed by atoms with E-state index in [1.165, 1.54) is 17.5 Å². The molecule has 8 heteroatoms. The van der Waals surface area contributed by atoms with Gasteiger partial charge in [-0.15, -0.1) is 11.3 Å². The molecule has 0 saturated heterocycles. The number of hydrazine groups is 1. The molecule has 2 amide bonds. The summed E-state index contributed by atoms with van der Waals surface area (Å²) in [5, 5.41) is 13.5. The highest BCUT2D eigenvalue weighted by atomic mass is 32.2. The Bertz CT molecular complexity index is 602. The van der Waals surface area contributed by atoms with Gasteiger partial charge in [0.2, 0.25) is 5.91 Å². The average molecular weight is 309 g/mol. The van der Waals surface area contributed by atoms with Crippen LogP contribution in [0.25, 0.3) is 0 Å². The Morgan fingerprint density at radius 2 is 2.10 bits per heavy atom. The molecule has 0 radical (unpaired) electrons. The predicted octanol–water partition coefficient (Wildman–Crippen LogP) is 0.935. The Morgan fingerprint density at radius 3 is 2.80 bits per heavy atom. The topological polar surface area (TPSA) is 85.1 Å². The summed E-state index contributed by atoms with van der Waals surface area (Å²) in [6, 6.07) is 8.35. The van der Waals surface area contributed by atoms with E-state index in [2.05, 4.69) is 10.9 Å². The zero-order valence-corrected chi connectivity index (χ0v) is 11.9. The van der Waals surface area contributed by atoms with Gasteiger partial charge < -0.3 is 5.21 Å². The highest BCUT2D eigenvalue weighted by Gasteiger charge is 2.10. The second-order valence-corrected chi connectivity index (χ2v) is 5.58.